The molecule has 0 spiro atoms. The van der Waals surface area contributed by atoms with Gasteiger partial charge in [0.1, 0.15) is 0 Å². The van der Waals surface area contributed by atoms with E-state index in [2.05, 4.69) is 6.58 Å². The highest BCUT2D eigenvalue weighted by molar-refractivity contribution is 5.74. The molecule has 40 valence electrons. The predicted octanol–water partition coefficient (Wildman–Crippen LogP) is 0.575. The monoisotopic (exact) mass is 99.1 g/mol. The van der Waals surface area contributed by atoms with Crippen molar-refractivity contribution in [3.8, 4) is 0 Å². The van der Waals surface area contributed by atoms with Gasteiger partial charge in [0.25, 0.3) is 0 Å². The van der Waals surface area contributed by atoms with E-state index in [-0.39, 0.29) is 6.61 Å². The third-order valence-corrected chi connectivity index (χ3v) is 0.637. The number of nitrogens with one attached hydrogen (secondary N) is 1. The molecule has 0 aliphatic rings. The van der Waals surface area contributed by atoms with E-state index in [4.69, 9.17) is 10.5 Å². The van der Waals surface area contributed by atoms with Gasteiger partial charge < -0.3 is 10.5 Å². The second kappa shape index (κ2) is 3.56. The van der Waals surface area contributed by atoms with Gasteiger partial charge in [0.2, 0.25) is 0 Å². The first-order chi connectivity index (χ1) is 3.31. The van der Waals surface area contributed by atoms with E-state index in [1.54, 1.807) is 0 Å². The van der Waals surface area contributed by atoms with Gasteiger partial charge in [0.15, 0.2) is 0 Å². The number of rotatable bonds is 3. The first-order valence-corrected chi connectivity index (χ1v) is 2.10. The molecular weight excluding hydrogens is 90.1 g/mol. The molecule has 2 N–H and O–H groups in total. The predicted molar refractivity (Wildman–Crippen MR) is 29.6 cm³/mol. The minimum absolute atomic E-state index is 0.0915. The Bertz CT molecular complexity index is 78.1. The Morgan fingerprint density at radius 1 is 1.86 bits per heavy atom. The van der Waals surface area contributed by atoms with Gasteiger partial charge in [-0.3, -0.25) is 0 Å². The van der Waals surface area contributed by atoms with Crippen LogP contribution in [-0.2, 0) is 0 Å². The Kier molecular flexibility index (Phi) is 3.24. The molecule has 0 aromatic rings. The highest BCUT2D eigenvalue weighted by Crippen LogP contribution is 1.88. The fraction of sp³-hybridized carbons (Fsp3) is 0.400. The molecule has 0 saturated heterocycles. The van der Waals surface area contributed by atoms with E-state index < -0.39 is 0 Å². The molecule has 0 atom stereocenters. The summed E-state index contributed by atoms with van der Waals surface area (Å²) in [6, 6.07) is 0. The van der Waals surface area contributed by atoms with Gasteiger partial charge in [-0.25, -0.2) is 0 Å². The van der Waals surface area contributed by atoms with Gasteiger partial charge in [-0.05, 0) is 12.0 Å². The van der Waals surface area contributed by atoms with Crippen LogP contribution in [0.3, 0.4) is 0 Å². The largest absolute Gasteiger partial charge is 0.396 e. The van der Waals surface area contributed by atoms with Gasteiger partial charge in [-0.1, -0.05) is 6.58 Å². The summed E-state index contributed by atoms with van der Waals surface area (Å²) in [5, 5.41) is 14.8. The molecule has 0 radical (unpaired) electrons. The summed E-state index contributed by atoms with van der Waals surface area (Å²) in [7, 11) is 0. The van der Waals surface area contributed by atoms with Crippen molar-refractivity contribution in [1.29, 1.82) is 5.41 Å². The standard InChI is InChI=1S/C5H9NO/c1-5(4-6)2-3-7/h4,6-7H,1-3H2. The Morgan fingerprint density at radius 3 is 2.57 bits per heavy atom. The van der Waals surface area contributed by atoms with Gasteiger partial charge in [-0.15, -0.1) is 0 Å². The minimum Gasteiger partial charge on any atom is -0.396 e. The fourth-order valence-corrected chi connectivity index (χ4v) is 0.216. The maximum Gasteiger partial charge on any atom is 0.0471 e. The highest BCUT2D eigenvalue weighted by atomic mass is 16.2. The lowest BCUT2D eigenvalue weighted by Crippen LogP contribution is -1.85. The first kappa shape index (κ1) is 6.37. The fourth-order valence-electron chi connectivity index (χ4n) is 0.216. The van der Waals surface area contributed by atoms with Crippen molar-refractivity contribution < 1.29 is 5.11 Å². The molecule has 0 aromatic carbocycles. The smallest absolute Gasteiger partial charge is 0.0471 e. The Balaban J connectivity index is 3.17. The summed E-state index contributed by atoms with van der Waals surface area (Å²) in [5.41, 5.74) is 0.669. The van der Waals surface area contributed by atoms with Crippen LogP contribution in [0.1, 0.15) is 6.42 Å². The van der Waals surface area contributed by atoms with E-state index in [9.17, 15) is 0 Å². The second-order valence-electron chi connectivity index (χ2n) is 1.28. The molecule has 0 aromatic heterocycles. The summed E-state index contributed by atoms with van der Waals surface area (Å²) in [5.74, 6) is 0. The minimum atomic E-state index is 0.0915. The normalized spacial score (nSPS) is 8.14. The van der Waals surface area contributed by atoms with Gasteiger partial charge in [0, 0.05) is 12.8 Å². The number of aliphatic hydroxyl groups is 1. The van der Waals surface area contributed by atoms with Crippen molar-refractivity contribution in [2.75, 3.05) is 6.61 Å². The molecule has 0 aliphatic carbocycles. The summed E-state index contributed by atoms with van der Waals surface area (Å²) in [6.07, 6.45) is 1.67. The van der Waals surface area contributed by atoms with E-state index in [1.807, 2.05) is 0 Å². The second-order valence-corrected chi connectivity index (χ2v) is 1.28. The molecule has 2 nitrogen and oxygen atoms in total. The van der Waals surface area contributed by atoms with Crippen LogP contribution in [0.2, 0.25) is 0 Å². The molecule has 2 heteroatoms. The lowest BCUT2D eigenvalue weighted by molar-refractivity contribution is 0.301. The van der Waals surface area contributed by atoms with Gasteiger partial charge in [-0.2, -0.15) is 0 Å². The van der Waals surface area contributed by atoms with Crippen molar-refractivity contribution in [2.45, 2.75) is 6.42 Å². The summed E-state index contributed by atoms with van der Waals surface area (Å²) >= 11 is 0. The average Bonchev–Trinajstić information content (AvgIpc) is 1.68. The molecule has 0 unspecified atom stereocenters. The van der Waals surface area contributed by atoms with Crippen LogP contribution < -0.4 is 0 Å². The quantitative estimate of drug-likeness (QED) is 0.499. The van der Waals surface area contributed by atoms with E-state index in [0.717, 1.165) is 6.21 Å². The highest BCUT2D eigenvalue weighted by Gasteiger charge is 1.82. The van der Waals surface area contributed by atoms with E-state index in [0.29, 0.717) is 12.0 Å². The topological polar surface area (TPSA) is 44.1 Å². The van der Waals surface area contributed by atoms with E-state index >= 15 is 0 Å². The van der Waals surface area contributed by atoms with Crippen LogP contribution >= 0.6 is 0 Å². The molecule has 7 heavy (non-hydrogen) atoms. The van der Waals surface area contributed by atoms with Crippen LogP contribution in [-0.4, -0.2) is 17.9 Å². The van der Waals surface area contributed by atoms with Gasteiger partial charge >= 0.3 is 0 Å². The molecule has 0 rings (SSSR count). The molecule has 0 amide bonds. The zero-order valence-electron chi connectivity index (χ0n) is 4.15. The maximum absolute atomic E-state index is 8.20. The number of hydrogen-bond acceptors (Lipinski definition) is 2. The van der Waals surface area contributed by atoms with Crippen molar-refractivity contribution >= 4 is 6.21 Å². The average molecular weight is 99.1 g/mol. The molecule has 0 aliphatic heterocycles. The van der Waals surface area contributed by atoms with Crippen LogP contribution in [0.4, 0.5) is 0 Å². The van der Waals surface area contributed by atoms with Crippen LogP contribution in [0, 0.1) is 5.41 Å². The number of aliphatic hydroxyl groups excluding tert-OH is 1. The van der Waals surface area contributed by atoms with Gasteiger partial charge in [0.05, 0.1) is 0 Å². The zero-order valence-corrected chi connectivity index (χ0v) is 4.15. The molecule has 0 saturated carbocycles. The Morgan fingerprint density at radius 2 is 2.43 bits per heavy atom. The third kappa shape index (κ3) is 3.19. The van der Waals surface area contributed by atoms with Crippen LogP contribution in [0.15, 0.2) is 12.2 Å². The summed E-state index contributed by atoms with van der Waals surface area (Å²) in [6.45, 7) is 3.55. The van der Waals surface area contributed by atoms with Crippen molar-refractivity contribution in [2.24, 2.45) is 0 Å². The van der Waals surface area contributed by atoms with Crippen LogP contribution in [0.5, 0.6) is 0 Å². The zero-order chi connectivity index (χ0) is 5.70. The lowest BCUT2D eigenvalue weighted by atomic mass is 10.2. The maximum atomic E-state index is 8.20. The summed E-state index contributed by atoms with van der Waals surface area (Å²) < 4.78 is 0. The molecule has 0 bridgehead atoms. The third-order valence-electron chi connectivity index (χ3n) is 0.637. The molecular formula is C5H9NO. The Labute approximate surface area is 43.0 Å². The van der Waals surface area contributed by atoms with E-state index in [1.165, 1.54) is 0 Å². The van der Waals surface area contributed by atoms with Crippen LogP contribution in [0.25, 0.3) is 0 Å². The summed E-state index contributed by atoms with van der Waals surface area (Å²) in [4.78, 5) is 0. The SMILES string of the molecule is C=C(C=N)CCO. The molecule has 0 heterocycles. The molecule has 0 fully saturated rings. The number of hydrogen-bond donors (Lipinski definition) is 2. The lowest BCUT2D eigenvalue weighted by Gasteiger charge is -1.88. The first-order valence-electron chi connectivity index (χ1n) is 2.10. The van der Waals surface area contributed by atoms with Crippen molar-refractivity contribution in [3.05, 3.63) is 12.2 Å². The van der Waals surface area contributed by atoms with Crippen molar-refractivity contribution in [3.63, 3.8) is 0 Å². The Hall–Kier alpha value is -0.630. The van der Waals surface area contributed by atoms with Crippen molar-refractivity contribution in [1.82, 2.24) is 0 Å².